The second-order valence-corrected chi connectivity index (χ2v) is 3.21. The maximum atomic E-state index is 13.4. The van der Waals surface area contributed by atoms with Gasteiger partial charge >= 0.3 is 6.09 Å². The third-order valence-corrected chi connectivity index (χ3v) is 2.20. The minimum atomic E-state index is -1.06. The van der Waals surface area contributed by atoms with Gasteiger partial charge in [0.15, 0.2) is 0 Å². The molecule has 84 valence electrons. The fourth-order valence-corrected chi connectivity index (χ4v) is 1.41. The van der Waals surface area contributed by atoms with Crippen LogP contribution in [0.2, 0.25) is 0 Å². The number of hydrogen-bond acceptors (Lipinski definition) is 3. The number of fused-ring (bicyclic) bond motifs is 1. The highest BCUT2D eigenvalue weighted by Gasteiger charge is 2.22. The summed E-state index contributed by atoms with van der Waals surface area (Å²) in [4.78, 5) is 11.0. The van der Waals surface area contributed by atoms with Crippen molar-refractivity contribution in [1.82, 2.24) is 5.12 Å². The van der Waals surface area contributed by atoms with E-state index in [4.69, 9.17) is 4.74 Å². The fourth-order valence-electron chi connectivity index (χ4n) is 1.41. The smallest absolute Gasteiger partial charge is 0.442 e. The van der Waals surface area contributed by atoms with E-state index in [1.54, 1.807) is 18.2 Å². The van der Waals surface area contributed by atoms with E-state index in [1.807, 2.05) is 12.1 Å². The number of carbonyl (C=O) groups excluding carboxylic acids is 1. The van der Waals surface area contributed by atoms with Crippen molar-refractivity contribution in [3.63, 3.8) is 0 Å². The Balaban J connectivity index is 2.27. The zero-order valence-corrected chi connectivity index (χ0v) is 8.64. The summed E-state index contributed by atoms with van der Waals surface area (Å²) in [6.07, 6.45) is 0.490. The van der Waals surface area contributed by atoms with Gasteiger partial charge < -0.3 is 9.47 Å². The molecular formula is C11H10FNO3. The monoisotopic (exact) mass is 223 g/mol. The molecule has 0 spiro atoms. The summed E-state index contributed by atoms with van der Waals surface area (Å²) in [7, 11) is 1.12. The number of methoxy groups -OCH3 is 1. The largest absolute Gasteiger partial charge is 0.487 e. The zero-order valence-electron chi connectivity index (χ0n) is 8.64. The number of ether oxygens (including phenoxy) is 2. The molecule has 0 fully saturated rings. The normalized spacial score (nSPS) is 13.2. The van der Waals surface area contributed by atoms with Gasteiger partial charge in [0.25, 0.3) is 0 Å². The standard InChI is InChI=1S/C11H10FNO3/c1-15-11(14)13(12)9-6-8-4-2-3-5-10(8)16-7-9/h2-6H,7H2,1H3. The van der Waals surface area contributed by atoms with Gasteiger partial charge in [-0.15, -0.1) is 5.12 Å². The number of hydrogen-bond donors (Lipinski definition) is 0. The molecule has 0 N–H and O–H groups in total. The van der Waals surface area contributed by atoms with Crippen molar-refractivity contribution < 1.29 is 18.7 Å². The predicted molar refractivity (Wildman–Crippen MR) is 55.3 cm³/mol. The van der Waals surface area contributed by atoms with Gasteiger partial charge in [0.2, 0.25) is 0 Å². The third kappa shape index (κ3) is 1.84. The number of carbonyl (C=O) groups is 1. The van der Waals surface area contributed by atoms with E-state index in [0.717, 1.165) is 12.7 Å². The second-order valence-electron chi connectivity index (χ2n) is 3.21. The molecule has 2 rings (SSSR count). The van der Waals surface area contributed by atoms with E-state index in [2.05, 4.69) is 4.74 Å². The van der Waals surface area contributed by atoms with Crippen molar-refractivity contribution in [3.05, 3.63) is 35.5 Å². The van der Waals surface area contributed by atoms with E-state index in [1.165, 1.54) is 0 Å². The van der Waals surface area contributed by atoms with Crippen molar-refractivity contribution in [2.45, 2.75) is 0 Å². The highest BCUT2D eigenvalue weighted by molar-refractivity contribution is 5.72. The maximum Gasteiger partial charge on any atom is 0.442 e. The van der Waals surface area contributed by atoms with Crippen LogP contribution in [0, 0.1) is 0 Å². The van der Waals surface area contributed by atoms with Gasteiger partial charge in [-0.05, 0) is 12.1 Å². The van der Waals surface area contributed by atoms with Crippen LogP contribution in [0.5, 0.6) is 5.75 Å². The minimum absolute atomic E-state index is 0.00259. The minimum Gasteiger partial charge on any atom is -0.487 e. The van der Waals surface area contributed by atoms with Gasteiger partial charge in [0.1, 0.15) is 12.4 Å². The summed E-state index contributed by atoms with van der Waals surface area (Å²) in [5.41, 5.74) is 0.848. The van der Waals surface area contributed by atoms with E-state index in [0.29, 0.717) is 5.75 Å². The number of rotatable bonds is 1. The van der Waals surface area contributed by atoms with Crippen molar-refractivity contribution in [1.29, 1.82) is 0 Å². The molecule has 0 atom stereocenters. The molecule has 1 aliphatic rings. The molecular weight excluding hydrogens is 213 g/mol. The number of amides is 1. The van der Waals surface area contributed by atoms with Crippen LogP contribution >= 0.6 is 0 Å². The van der Waals surface area contributed by atoms with Gasteiger partial charge in [-0.25, -0.2) is 4.79 Å². The molecule has 5 heteroatoms. The van der Waals surface area contributed by atoms with E-state index in [9.17, 15) is 9.28 Å². The molecule has 0 saturated carbocycles. The molecule has 1 heterocycles. The molecule has 1 amide bonds. The molecule has 0 saturated heterocycles. The van der Waals surface area contributed by atoms with Crippen LogP contribution in [0.15, 0.2) is 30.0 Å². The Labute approximate surface area is 91.8 Å². The molecule has 0 unspecified atom stereocenters. The summed E-state index contributed by atoms with van der Waals surface area (Å²) in [6.45, 7) is 0.00259. The summed E-state index contributed by atoms with van der Waals surface area (Å²) >= 11 is 0. The first-order chi connectivity index (χ1) is 7.72. The molecule has 1 aromatic carbocycles. The maximum absolute atomic E-state index is 13.4. The van der Waals surface area contributed by atoms with Crippen molar-refractivity contribution in [2.75, 3.05) is 13.7 Å². The van der Waals surface area contributed by atoms with Crippen LogP contribution in [0.25, 0.3) is 6.08 Å². The average Bonchev–Trinajstić information content (AvgIpc) is 2.36. The number of halogens is 1. The Kier molecular flexibility index (Phi) is 2.76. The first-order valence-electron chi connectivity index (χ1n) is 4.68. The average molecular weight is 223 g/mol. The summed E-state index contributed by atoms with van der Waals surface area (Å²) in [5, 5.41) is -0.0596. The third-order valence-electron chi connectivity index (χ3n) is 2.20. The SMILES string of the molecule is COC(=O)N(F)C1=Cc2ccccc2OC1. The first-order valence-corrected chi connectivity index (χ1v) is 4.68. The van der Waals surface area contributed by atoms with Crippen molar-refractivity contribution in [2.24, 2.45) is 0 Å². The van der Waals surface area contributed by atoms with Crippen LogP contribution in [-0.4, -0.2) is 24.9 Å². The van der Waals surface area contributed by atoms with Crippen LogP contribution in [0.3, 0.4) is 0 Å². The molecule has 0 aliphatic carbocycles. The predicted octanol–water partition coefficient (Wildman–Crippen LogP) is 2.37. The van der Waals surface area contributed by atoms with Crippen LogP contribution in [0.1, 0.15) is 5.56 Å². The van der Waals surface area contributed by atoms with Gasteiger partial charge in [0.05, 0.1) is 12.8 Å². The van der Waals surface area contributed by atoms with Gasteiger partial charge in [0, 0.05) is 5.56 Å². The Bertz CT molecular complexity index is 445. The van der Waals surface area contributed by atoms with Crippen LogP contribution in [0.4, 0.5) is 9.28 Å². The zero-order chi connectivity index (χ0) is 11.5. The molecule has 0 radical (unpaired) electrons. The summed E-state index contributed by atoms with van der Waals surface area (Å²) < 4.78 is 22.9. The Hall–Kier alpha value is -2.04. The number of benzene rings is 1. The highest BCUT2D eigenvalue weighted by Crippen LogP contribution is 2.27. The molecule has 16 heavy (non-hydrogen) atoms. The van der Waals surface area contributed by atoms with Crippen molar-refractivity contribution >= 4 is 12.2 Å². The lowest BCUT2D eigenvalue weighted by Crippen LogP contribution is -2.26. The first kappa shape index (κ1) is 10.5. The fraction of sp³-hybridized carbons (Fsp3) is 0.182. The Morgan fingerprint density at radius 2 is 2.25 bits per heavy atom. The summed E-state index contributed by atoms with van der Waals surface area (Å²) in [6, 6.07) is 7.19. The second kappa shape index (κ2) is 4.22. The van der Waals surface area contributed by atoms with Crippen LogP contribution in [-0.2, 0) is 4.74 Å². The highest BCUT2D eigenvalue weighted by atomic mass is 19.2. The lowest BCUT2D eigenvalue weighted by atomic mass is 10.1. The molecule has 1 aliphatic heterocycles. The number of nitrogens with zero attached hydrogens (tertiary/aromatic N) is 1. The lowest BCUT2D eigenvalue weighted by Gasteiger charge is -2.20. The molecule has 1 aromatic rings. The van der Waals surface area contributed by atoms with Crippen LogP contribution < -0.4 is 4.74 Å². The van der Waals surface area contributed by atoms with Gasteiger partial charge in [-0.1, -0.05) is 22.7 Å². The lowest BCUT2D eigenvalue weighted by molar-refractivity contribution is 0.0412. The van der Waals surface area contributed by atoms with Gasteiger partial charge in [-0.3, -0.25) is 0 Å². The van der Waals surface area contributed by atoms with Crippen molar-refractivity contribution in [3.8, 4) is 5.75 Å². The van der Waals surface area contributed by atoms with E-state index in [-0.39, 0.29) is 17.4 Å². The Morgan fingerprint density at radius 1 is 1.50 bits per heavy atom. The quantitative estimate of drug-likeness (QED) is 0.686. The van der Waals surface area contributed by atoms with E-state index >= 15 is 0 Å². The molecule has 4 nitrogen and oxygen atoms in total. The number of para-hydroxylation sites is 1. The molecule has 0 bridgehead atoms. The Morgan fingerprint density at radius 3 is 3.00 bits per heavy atom. The summed E-state index contributed by atoms with van der Waals surface area (Å²) in [5.74, 6) is 0.671. The van der Waals surface area contributed by atoms with Gasteiger partial charge in [-0.2, -0.15) is 0 Å². The topological polar surface area (TPSA) is 38.8 Å². The molecule has 0 aromatic heterocycles. The van der Waals surface area contributed by atoms with E-state index < -0.39 is 6.09 Å².